The van der Waals surface area contributed by atoms with Crippen LogP contribution in [-0.4, -0.2) is 106 Å². The monoisotopic (exact) mass is 1010 g/mol. The van der Waals surface area contributed by atoms with Gasteiger partial charge in [0.25, 0.3) is 5.91 Å². The number of aliphatic hydroxyl groups excluding tert-OH is 1. The van der Waals surface area contributed by atoms with Crippen molar-refractivity contribution in [3.63, 3.8) is 0 Å². The van der Waals surface area contributed by atoms with Crippen LogP contribution in [0.15, 0.2) is 84.5 Å². The van der Waals surface area contributed by atoms with Gasteiger partial charge < -0.3 is 39.8 Å². The number of carbonyl (C=O) groups is 4. The van der Waals surface area contributed by atoms with Crippen molar-refractivity contribution in [1.82, 2.24) is 25.5 Å². The fourth-order valence-electron chi connectivity index (χ4n) is 8.68. The van der Waals surface area contributed by atoms with Gasteiger partial charge in [-0.3, -0.25) is 29.1 Å². The van der Waals surface area contributed by atoms with Crippen LogP contribution in [0.5, 0.6) is 11.5 Å². The molecule has 1 unspecified atom stereocenters. The molecule has 3 N–H and O–H groups in total. The smallest absolute Gasteiger partial charge is 0.254 e. The second-order valence-corrected chi connectivity index (χ2v) is 20.3. The van der Waals surface area contributed by atoms with Crippen LogP contribution in [0.2, 0.25) is 0 Å². The molecule has 3 aromatic carbocycles. The highest BCUT2D eigenvalue weighted by molar-refractivity contribution is 7.81. The number of thiazole rings is 1. The number of halogens is 1. The highest BCUT2D eigenvalue weighted by Crippen LogP contribution is 2.43. The summed E-state index contributed by atoms with van der Waals surface area (Å²) in [6.07, 6.45) is 2.11. The number of aliphatic hydroxyl groups is 1. The summed E-state index contributed by atoms with van der Waals surface area (Å²) in [5.74, 6) is -2.11. The average molecular weight is 1010 g/mol. The minimum Gasteiger partial charge on any atom is -0.494 e. The van der Waals surface area contributed by atoms with Gasteiger partial charge in [0, 0.05) is 31.7 Å². The van der Waals surface area contributed by atoms with Gasteiger partial charge >= 0.3 is 0 Å². The van der Waals surface area contributed by atoms with E-state index in [1.54, 1.807) is 41.8 Å². The first kappa shape index (κ1) is 52.2. The highest BCUT2D eigenvalue weighted by Gasteiger charge is 2.52. The van der Waals surface area contributed by atoms with Crippen molar-refractivity contribution < 1.29 is 42.9 Å². The summed E-state index contributed by atoms with van der Waals surface area (Å²) in [7, 11) is 1.26. The molecule has 2 aromatic heterocycles. The number of nitrogens with one attached hydrogen (secondary N) is 2. The number of likely N-dealkylation sites (tertiary alicyclic amines) is 1. The number of β-amino-alcohol motifs (C(OH)–C–C–N with tert-alkyl or cyclic N) is 1. The van der Waals surface area contributed by atoms with Gasteiger partial charge in [0.05, 0.1) is 64.7 Å². The Hall–Kier alpha value is -6.59. The molecule has 0 aliphatic carbocycles. The lowest BCUT2D eigenvalue weighted by Gasteiger charge is -2.35. The second kappa shape index (κ2) is 22.2. The SMILES string of the molecule is COc1c(C#N)ccc(N2C(=O)C(C)(C)N(c3ccc(-c4ccc(OCCCCOCC(=O)N[C@H](C(=O)N5C[C@H](O)C[C@H]5C(=O)NCc5ccc(-c6scnc6C)cc5)C(C)(C)C)cc4)nc3)C2S)c1F. The summed E-state index contributed by atoms with van der Waals surface area (Å²) >= 11 is 6.30. The lowest BCUT2D eigenvalue weighted by atomic mass is 9.85. The van der Waals surface area contributed by atoms with Crippen molar-refractivity contribution in [1.29, 1.82) is 5.26 Å². The summed E-state index contributed by atoms with van der Waals surface area (Å²) in [4.78, 5) is 68.7. The molecule has 7 rings (SSSR count). The van der Waals surface area contributed by atoms with Gasteiger partial charge in [0.2, 0.25) is 17.7 Å². The van der Waals surface area contributed by atoms with Crippen molar-refractivity contribution in [3.8, 4) is 39.3 Å². The van der Waals surface area contributed by atoms with E-state index in [2.05, 4.69) is 20.6 Å². The zero-order valence-electron chi connectivity index (χ0n) is 40.8. The maximum atomic E-state index is 15.6. The molecule has 2 saturated heterocycles. The Balaban J connectivity index is 0.839. The molecule has 2 aliphatic rings. The Morgan fingerprint density at radius 3 is 2.35 bits per heavy atom. The molecule has 4 heterocycles. The van der Waals surface area contributed by atoms with Crippen LogP contribution in [0.25, 0.3) is 21.7 Å². The molecule has 2 aliphatic heterocycles. The first-order chi connectivity index (χ1) is 33.8. The third-order valence-electron chi connectivity index (χ3n) is 12.5. The number of ether oxygens (including phenoxy) is 3. The third kappa shape index (κ3) is 11.6. The fourth-order valence-corrected chi connectivity index (χ4v) is 10.1. The Bertz CT molecular complexity index is 2760. The lowest BCUT2D eigenvalue weighted by molar-refractivity contribution is -0.144. The van der Waals surface area contributed by atoms with E-state index >= 15 is 4.39 Å². The van der Waals surface area contributed by atoms with Crippen LogP contribution in [0.4, 0.5) is 15.8 Å². The quantitative estimate of drug-likeness (QED) is 0.0517. The summed E-state index contributed by atoms with van der Waals surface area (Å²) in [5.41, 5.74) is 4.03. The van der Waals surface area contributed by atoms with Crippen molar-refractivity contribution >= 4 is 59.0 Å². The number of hydrogen-bond acceptors (Lipinski definition) is 14. The van der Waals surface area contributed by atoms with E-state index in [-0.39, 0.29) is 55.6 Å². The fraction of sp³-hybridized carbons (Fsp3) is 0.404. The van der Waals surface area contributed by atoms with Gasteiger partial charge in [-0.2, -0.15) is 5.26 Å². The number of unbranched alkanes of at least 4 members (excludes halogenated alkanes) is 1. The van der Waals surface area contributed by atoms with Gasteiger partial charge in [-0.05, 0) is 98.7 Å². The average Bonchev–Trinajstić information content (AvgIpc) is 4.01. The Morgan fingerprint density at radius 2 is 1.72 bits per heavy atom. The third-order valence-corrected chi connectivity index (χ3v) is 14.0. The molecule has 374 valence electrons. The summed E-state index contributed by atoms with van der Waals surface area (Å²) in [6, 6.07) is 21.7. The summed E-state index contributed by atoms with van der Waals surface area (Å²) in [5, 5.41) is 25.7. The number of methoxy groups -OCH3 is 1. The number of benzene rings is 3. The number of aryl methyl sites for hydroxylation is 1. The molecule has 16 nitrogen and oxygen atoms in total. The number of hydrogen-bond donors (Lipinski definition) is 4. The number of rotatable bonds is 18. The Morgan fingerprint density at radius 1 is 1.01 bits per heavy atom. The maximum absolute atomic E-state index is 15.6. The normalized spacial score (nSPS) is 18.0. The zero-order chi connectivity index (χ0) is 51.2. The van der Waals surface area contributed by atoms with Gasteiger partial charge in [-0.1, -0.05) is 45.0 Å². The molecule has 0 spiro atoms. The number of carbonyl (C=O) groups excluding carboxylic acids is 4. The molecule has 19 heteroatoms. The van der Waals surface area contributed by atoms with Gasteiger partial charge in [-0.25, -0.2) is 9.37 Å². The molecule has 5 aromatic rings. The van der Waals surface area contributed by atoms with E-state index in [4.69, 9.17) is 26.8 Å². The minimum atomic E-state index is -1.12. The molecule has 0 radical (unpaired) electrons. The van der Waals surface area contributed by atoms with Crippen molar-refractivity contribution in [2.75, 3.05) is 43.3 Å². The number of nitriles is 1. The first-order valence-electron chi connectivity index (χ1n) is 23.2. The van der Waals surface area contributed by atoms with E-state index < -0.39 is 58.2 Å². The summed E-state index contributed by atoms with van der Waals surface area (Å²) in [6.45, 7) is 11.5. The summed E-state index contributed by atoms with van der Waals surface area (Å²) < 4.78 is 32.3. The number of nitrogens with zero attached hydrogens (tertiary/aromatic N) is 6. The number of anilines is 2. The van der Waals surface area contributed by atoms with Crippen LogP contribution in [0.1, 0.15) is 70.7 Å². The standard InChI is InChI=1S/C52H59FN8O8S2/c1-31-45(71-30-57-31)34-12-10-32(11-13-34)26-56-47(64)41-24-37(62)28-59(41)48(65)46(51(2,3)4)58-42(63)29-68-22-8-9-23-69-38-18-14-33(15-19-38)39-20-17-36(27-55-39)61-50(70)60(49(66)52(61,5)6)40-21-16-35(25-54)44(67-7)43(40)53/h10-21,27,30,37,41,46,50,62,70H,8-9,22-24,26,28-29H2,1-7H3,(H,56,64)(H,58,63)/t37-,41+,46-,50?/m1/s1. The van der Waals surface area contributed by atoms with Crippen molar-refractivity contribution in [2.24, 2.45) is 5.41 Å². The largest absolute Gasteiger partial charge is 0.494 e. The van der Waals surface area contributed by atoms with Crippen LogP contribution in [0, 0.1) is 29.5 Å². The second-order valence-electron chi connectivity index (χ2n) is 19.0. The van der Waals surface area contributed by atoms with Gasteiger partial charge in [-0.15, -0.1) is 24.0 Å². The number of aromatic nitrogens is 2. The van der Waals surface area contributed by atoms with Crippen LogP contribution >= 0.6 is 24.0 Å². The molecule has 4 amide bonds. The van der Waals surface area contributed by atoms with Crippen molar-refractivity contribution in [2.45, 2.75) is 96.6 Å². The molecule has 4 atom stereocenters. The Kier molecular flexibility index (Phi) is 16.4. The van der Waals surface area contributed by atoms with E-state index in [0.29, 0.717) is 36.6 Å². The molecule has 0 bridgehead atoms. The van der Waals surface area contributed by atoms with Gasteiger partial charge in [0.15, 0.2) is 17.1 Å². The topological polar surface area (TPSA) is 200 Å². The van der Waals surface area contributed by atoms with Crippen LogP contribution in [-0.2, 0) is 30.5 Å². The van der Waals surface area contributed by atoms with Crippen LogP contribution in [0.3, 0.4) is 0 Å². The number of thiol groups is 1. The number of amides is 4. The van der Waals surface area contributed by atoms with E-state index in [1.807, 2.05) is 94.4 Å². The van der Waals surface area contributed by atoms with Crippen molar-refractivity contribution in [3.05, 3.63) is 107 Å². The number of pyridine rings is 1. The molecular weight excluding hydrogens is 948 g/mol. The van der Waals surface area contributed by atoms with Crippen LogP contribution < -0.4 is 29.9 Å². The molecule has 0 saturated carbocycles. The Labute approximate surface area is 422 Å². The van der Waals surface area contributed by atoms with Gasteiger partial charge in [0.1, 0.15) is 36.0 Å². The molecule has 71 heavy (non-hydrogen) atoms. The first-order valence-corrected chi connectivity index (χ1v) is 24.6. The van der Waals surface area contributed by atoms with E-state index in [0.717, 1.165) is 27.3 Å². The van der Waals surface area contributed by atoms with E-state index in [1.165, 1.54) is 29.0 Å². The minimum absolute atomic E-state index is 0.00983. The predicted molar refractivity (Wildman–Crippen MR) is 271 cm³/mol. The molecule has 2 fully saturated rings. The maximum Gasteiger partial charge on any atom is 0.254 e. The lowest BCUT2D eigenvalue weighted by Crippen LogP contribution is -2.58. The zero-order valence-corrected chi connectivity index (χ0v) is 42.5. The highest BCUT2D eigenvalue weighted by atomic mass is 32.1. The predicted octanol–water partition coefficient (Wildman–Crippen LogP) is 7.03. The van der Waals surface area contributed by atoms with E-state index in [9.17, 15) is 29.5 Å². The molecular formula is C52H59FN8O8S2.